The Kier molecular flexibility index (Phi) is 31.1. The maximum absolute atomic E-state index is 4.51. The number of hydrogen-bond donors (Lipinski definition) is 0. The molecule has 0 amide bonds. The quantitative estimate of drug-likeness (QED) is 0.389. The van der Waals surface area contributed by atoms with E-state index >= 15 is 0 Å². The van der Waals surface area contributed by atoms with Crippen LogP contribution < -0.4 is 0 Å². The molecule has 1 rings (SSSR count). The molecule has 154 valence electrons. The van der Waals surface area contributed by atoms with Gasteiger partial charge in [-0.05, 0) is 26.0 Å². The molecule has 0 atom stereocenters. The van der Waals surface area contributed by atoms with Crippen LogP contribution in [0.5, 0.6) is 0 Å². The summed E-state index contributed by atoms with van der Waals surface area (Å²) in [5, 5.41) is 0. The van der Waals surface area contributed by atoms with Gasteiger partial charge in [0, 0.05) is 30.1 Å². The van der Waals surface area contributed by atoms with Crippen LogP contribution in [0.4, 0.5) is 0 Å². The number of aromatic nitrogens is 2. The first-order valence-electron chi connectivity index (χ1n) is 10.1. The van der Waals surface area contributed by atoms with Gasteiger partial charge in [0.25, 0.3) is 0 Å². The van der Waals surface area contributed by atoms with Gasteiger partial charge in [0.2, 0.25) is 0 Å². The molecule has 0 unspecified atom stereocenters. The van der Waals surface area contributed by atoms with Crippen molar-refractivity contribution in [2.24, 2.45) is 4.99 Å². The van der Waals surface area contributed by atoms with Gasteiger partial charge in [-0.1, -0.05) is 86.8 Å². The zero-order chi connectivity index (χ0) is 22.3. The van der Waals surface area contributed by atoms with E-state index in [4.69, 9.17) is 0 Å². The molecule has 0 bridgehead atoms. The van der Waals surface area contributed by atoms with E-state index in [2.05, 4.69) is 28.1 Å². The van der Waals surface area contributed by atoms with Gasteiger partial charge in [-0.3, -0.25) is 4.99 Å². The van der Waals surface area contributed by atoms with Crippen LogP contribution in [0, 0.1) is 6.92 Å². The Morgan fingerprint density at radius 3 is 1.81 bits per heavy atom. The van der Waals surface area contributed by atoms with Gasteiger partial charge in [-0.25, -0.2) is 9.97 Å². The van der Waals surface area contributed by atoms with Crippen LogP contribution in [0.25, 0.3) is 17.7 Å². The lowest BCUT2D eigenvalue weighted by Gasteiger charge is -2.08. The van der Waals surface area contributed by atoms with Gasteiger partial charge < -0.3 is 0 Å². The Morgan fingerprint density at radius 1 is 0.926 bits per heavy atom. The lowest BCUT2D eigenvalue weighted by molar-refractivity contribution is 1.05. The number of aryl methyl sites for hydroxylation is 1. The first-order valence-corrected chi connectivity index (χ1v) is 10.1. The summed E-state index contributed by atoms with van der Waals surface area (Å²) in [6.45, 7) is 27.5. The molecular formula is C24H43N3. The molecule has 0 aromatic carbocycles. The van der Waals surface area contributed by atoms with E-state index in [0.29, 0.717) is 5.82 Å². The highest BCUT2D eigenvalue weighted by molar-refractivity contribution is 5.86. The third-order valence-electron chi connectivity index (χ3n) is 2.57. The van der Waals surface area contributed by atoms with E-state index < -0.39 is 0 Å². The van der Waals surface area contributed by atoms with E-state index in [-0.39, 0.29) is 0 Å². The standard InChI is InChI=1S/C16H19N3.4C2H6/c1-6-9-14-12(4)18-16(19-15(14)8-3)13(7-2)10-11-17-5;4*1-2/h6-11H,2-3H2,1,4-5H3;4*1-2H3/b9-6-,13-10+,17-11?;;;;. The summed E-state index contributed by atoms with van der Waals surface area (Å²) in [7, 11) is 1.72. The molecule has 3 heteroatoms. The average Bonchev–Trinajstić information content (AvgIpc) is 2.76. The SMILES string of the molecule is C=C/C(=C\C=NC)c1nc(C)c(/C=C\C)c(C=C)n1.CC.CC.CC.CC. The third kappa shape index (κ3) is 13.6. The van der Waals surface area contributed by atoms with Crippen molar-refractivity contribution < 1.29 is 0 Å². The Balaban J connectivity index is -0.000000292. The molecule has 1 aromatic heterocycles. The Labute approximate surface area is 169 Å². The summed E-state index contributed by atoms with van der Waals surface area (Å²) in [5.41, 5.74) is 3.57. The molecule has 0 aliphatic heterocycles. The van der Waals surface area contributed by atoms with Crippen LogP contribution in [0.2, 0.25) is 0 Å². The molecule has 27 heavy (non-hydrogen) atoms. The van der Waals surface area contributed by atoms with Crippen molar-refractivity contribution in [1.82, 2.24) is 9.97 Å². The fraction of sp³-hybridized carbons (Fsp3) is 0.458. The monoisotopic (exact) mass is 373 g/mol. The zero-order valence-electron chi connectivity index (χ0n) is 19.7. The smallest absolute Gasteiger partial charge is 0.160 e. The summed E-state index contributed by atoms with van der Waals surface area (Å²) in [6, 6.07) is 0. The lowest BCUT2D eigenvalue weighted by Crippen LogP contribution is -2.01. The van der Waals surface area contributed by atoms with Crippen molar-refractivity contribution in [2.75, 3.05) is 7.05 Å². The minimum absolute atomic E-state index is 0.635. The van der Waals surface area contributed by atoms with E-state index in [9.17, 15) is 0 Å². The molecule has 1 aromatic rings. The van der Waals surface area contributed by atoms with Crippen molar-refractivity contribution in [2.45, 2.75) is 69.2 Å². The number of hydrogen-bond acceptors (Lipinski definition) is 3. The fourth-order valence-corrected chi connectivity index (χ4v) is 1.65. The van der Waals surface area contributed by atoms with Crippen molar-refractivity contribution in [3.05, 3.63) is 54.2 Å². The summed E-state index contributed by atoms with van der Waals surface area (Å²) in [5.74, 6) is 0.635. The van der Waals surface area contributed by atoms with E-state index in [1.807, 2.05) is 87.5 Å². The van der Waals surface area contributed by atoms with Crippen LogP contribution in [0.15, 0.2) is 36.4 Å². The van der Waals surface area contributed by atoms with Gasteiger partial charge in [-0.15, -0.1) is 0 Å². The van der Waals surface area contributed by atoms with Crippen LogP contribution in [0.1, 0.15) is 85.1 Å². The van der Waals surface area contributed by atoms with Crippen LogP contribution in [-0.2, 0) is 0 Å². The number of rotatable bonds is 5. The second-order valence-corrected chi connectivity index (χ2v) is 3.87. The average molecular weight is 374 g/mol. The number of aliphatic imine (C=N–C) groups is 1. The minimum atomic E-state index is 0.635. The molecule has 0 aliphatic carbocycles. The third-order valence-corrected chi connectivity index (χ3v) is 2.57. The van der Waals surface area contributed by atoms with E-state index in [0.717, 1.165) is 22.5 Å². The van der Waals surface area contributed by atoms with Crippen molar-refractivity contribution in [1.29, 1.82) is 0 Å². The fourth-order valence-electron chi connectivity index (χ4n) is 1.65. The van der Waals surface area contributed by atoms with Crippen LogP contribution in [-0.4, -0.2) is 23.2 Å². The molecule has 0 fully saturated rings. The second kappa shape index (κ2) is 25.9. The highest BCUT2D eigenvalue weighted by Gasteiger charge is 2.08. The minimum Gasteiger partial charge on any atom is -0.296 e. The summed E-state index contributed by atoms with van der Waals surface area (Å²) in [6.07, 6.45) is 10.9. The summed E-state index contributed by atoms with van der Waals surface area (Å²) in [4.78, 5) is 13.0. The maximum Gasteiger partial charge on any atom is 0.160 e. The maximum atomic E-state index is 4.51. The largest absolute Gasteiger partial charge is 0.296 e. The van der Waals surface area contributed by atoms with Gasteiger partial charge in [0.1, 0.15) is 0 Å². The molecule has 1 heterocycles. The normalized spacial score (nSPS) is 9.52. The Hall–Kier alpha value is -2.29. The molecule has 0 aliphatic rings. The van der Waals surface area contributed by atoms with Crippen molar-refractivity contribution in [3.8, 4) is 0 Å². The molecule has 0 spiro atoms. The van der Waals surface area contributed by atoms with Crippen LogP contribution in [0.3, 0.4) is 0 Å². The van der Waals surface area contributed by atoms with Gasteiger partial charge in [0.05, 0.1) is 5.69 Å². The van der Waals surface area contributed by atoms with E-state index in [1.54, 1.807) is 25.4 Å². The lowest BCUT2D eigenvalue weighted by atomic mass is 10.1. The molecule has 0 saturated carbocycles. The molecule has 3 nitrogen and oxygen atoms in total. The van der Waals surface area contributed by atoms with Gasteiger partial charge in [-0.2, -0.15) is 0 Å². The highest BCUT2D eigenvalue weighted by atomic mass is 14.9. The topological polar surface area (TPSA) is 38.1 Å². The van der Waals surface area contributed by atoms with Crippen molar-refractivity contribution >= 4 is 23.9 Å². The van der Waals surface area contributed by atoms with Gasteiger partial charge in [0.15, 0.2) is 5.82 Å². The number of nitrogens with zero attached hydrogens (tertiary/aromatic N) is 3. The molecule has 0 saturated heterocycles. The van der Waals surface area contributed by atoms with Crippen molar-refractivity contribution in [3.63, 3.8) is 0 Å². The number of allylic oxidation sites excluding steroid dienone is 4. The molecule has 0 N–H and O–H groups in total. The summed E-state index contributed by atoms with van der Waals surface area (Å²) < 4.78 is 0. The van der Waals surface area contributed by atoms with Gasteiger partial charge >= 0.3 is 0 Å². The molecular weight excluding hydrogens is 330 g/mol. The first-order chi connectivity index (χ1) is 13.2. The highest BCUT2D eigenvalue weighted by Crippen LogP contribution is 2.18. The predicted octanol–water partition coefficient (Wildman–Crippen LogP) is 7.84. The summed E-state index contributed by atoms with van der Waals surface area (Å²) >= 11 is 0. The second-order valence-electron chi connectivity index (χ2n) is 3.87. The van der Waals surface area contributed by atoms with Crippen LogP contribution >= 0.6 is 0 Å². The van der Waals surface area contributed by atoms with E-state index in [1.165, 1.54) is 0 Å². The first kappa shape index (κ1) is 32.4. The Bertz CT molecular complexity index is 565. The Morgan fingerprint density at radius 2 is 1.44 bits per heavy atom. The zero-order valence-corrected chi connectivity index (χ0v) is 19.7. The predicted molar refractivity (Wildman–Crippen MR) is 130 cm³/mol. The molecule has 0 radical (unpaired) electrons.